The third kappa shape index (κ3) is 7.64. The van der Waals surface area contributed by atoms with Gasteiger partial charge in [0.25, 0.3) is 0 Å². The standard InChI is InChI=1S/C32H38F2N2O2/c1-4-38-31(37)29-15-12-27(20-30(29)33)26-10-13-28(14-11-26)36(21-24-8-6-5-7-9-24)22-25-16-18-35(19-17-25)23-32(2,3)34/h5-15,20,25H,4,16-19,21-23H2,1-3H3. The van der Waals surface area contributed by atoms with Crippen LogP contribution < -0.4 is 4.90 Å². The van der Waals surface area contributed by atoms with E-state index in [-0.39, 0.29) is 12.2 Å². The van der Waals surface area contributed by atoms with Crippen LogP contribution in [0.25, 0.3) is 11.1 Å². The molecule has 3 aromatic carbocycles. The average molecular weight is 521 g/mol. The minimum atomic E-state index is -1.17. The van der Waals surface area contributed by atoms with Crippen molar-refractivity contribution in [2.24, 2.45) is 5.92 Å². The monoisotopic (exact) mass is 520 g/mol. The molecule has 202 valence electrons. The number of halogens is 2. The lowest BCUT2D eigenvalue weighted by Crippen LogP contribution is -2.43. The van der Waals surface area contributed by atoms with Gasteiger partial charge in [-0.25, -0.2) is 13.6 Å². The minimum Gasteiger partial charge on any atom is -0.462 e. The molecule has 0 amide bonds. The Morgan fingerprint density at radius 3 is 2.26 bits per heavy atom. The van der Waals surface area contributed by atoms with Crippen molar-refractivity contribution in [3.63, 3.8) is 0 Å². The molecular formula is C32H38F2N2O2. The first-order valence-electron chi connectivity index (χ1n) is 13.5. The Labute approximate surface area is 225 Å². The van der Waals surface area contributed by atoms with E-state index < -0.39 is 17.5 Å². The molecule has 1 heterocycles. The maximum absolute atomic E-state index is 14.6. The van der Waals surface area contributed by atoms with Crippen LogP contribution in [0.5, 0.6) is 0 Å². The molecule has 1 aliphatic rings. The van der Waals surface area contributed by atoms with Crippen molar-refractivity contribution in [2.75, 3.05) is 37.7 Å². The number of piperidine rings is 1. The molecule has 1 aliphatic heterocycles. The number of rotatable bonds is 10. The summed E-state index contributed by atoms with van der Waals surface area (Å²) in [5, 5.41) is 0. The van der Waals surface area contributed by atoms with Crippen LogP contribution in [0.15, 0.2) is 72.8 Å². The van der Waals surface area contributed by atoms with Gasteiger partial charge in [0.15, 0.2) is 0 Å². The molecular weight excluding hydrogens is 482 g/mol. The van der Waals surface area contributed by atoms with Gasteiger partial charge in [-0.2, -0.15) is 0 Å². The quantitative estimate of drug-likeness (QED) is 0.266. The van der Waals surface area contributed by atoms with Crippen LogP contribution in [0.3, 0.4) is 0 Å². The highest BCUT2D eigenvalue weighted by molar-refractivity contribution is 5.90. The first kappa shape index (κ1) is 27.8. The molecule has 4 rings (SSSR count). The smallest absolute Gasteiger partial charge is 0.341 e. The molecule has 38 heavy (non-hydrogen) atoms. The molecule has 0 radical (unpaired) electrons. The first-order chi connectivity index (χ1) is 18.2. The number of ether oxygens (including phenoxy) is 1. The van der Waals surface area contributed by atoms with E-state index in [1.54, 1.807) is 26.8 Å². The second-order valence-electron chi connectivity index (χ2n) is 10.8. The number of hydrogen-bond acceptors (Lipinski definition) is 4. The van der Waals surface area contributed by atoms with Crippen LogP contribution in [0.2, 0.25) is 0 Å². The summed E-state index contributed by atoms with van der Waals surface area (Å²) in [6, 6.07) is 23.2. The Kier molecular flexibility index (Phi) is 9.16. The molecule has 0 spiro atoms. The van der Waals surface area contributed by atoms with Crippen LogP contribution in [0, 0.1) is 11.7 Å². The van der Waals surface area contributed by atoms with Crippen molar-refractivity contribution in [3.8, 4) is 11.1 Å². The Bertz CT molecular complexity index is 1180. The van der Waals surface area contributed by atoms with Gasteiger partial charge in [0.2, 0.25) is 0 Å². The number of nitrogens with zero attached hydrogens (tertiary/aromatic N) is 2. The number of alkyl halides is 1. The molecule has 4 nitrogen and oxygen atoms in total. The molecule has 0 bridgehead atoms. The van der Waals surface area contributed by atoms with Gasteiger partial charge in [0.05, 0.1) is 12.2 Å². The lowest BCUT2D eigenvalue weighted by molar-refractivity contribution is 0.0521. The zero-order valence-corrected chi connectivity index (χ0v) is 22.6. The van der Waals surface area contributed by atoms with E-state index in [2.05, 4.69) is 46.2 Å². The van der Waals surface area contributed by atoms with E-state index in [1.807, 2.05) is 18.2 Å². The maximum Gasteiger partial charge on any atom is 0.341 e. The van der Waals surface area contributed by atoms with Gasteiger partial charge in [0, 0.05) is 25.3 Å². The summed E-state index contributed by atoms with van der Waals surface area (Å²) < 4.78 is 33.7. The summed E-state index contributed by atoms with van der Waals surface area (Å²) in [5.41, 5.74) is 2.71. The van der Waals surface area contributed by atoms with Gasteiger partial charge in [-0.05, 0) is 93.6 Å². The van der Waals surface area contributed by atoms with Crippen molar-refractivity contribution < 1.29 is 18.3 Å². The van der Waals surface area contributed by atoms with Crippen molar-refractivity contribution in [2.45, 2.75) is 45.8 Å². The predicted octanol–water partition coefficient (Wildman–Crippen LogP) is 7.14. The van der Waals surface area contributed by atoms with Crippen molar-refractivity contribution in [1.29, 1.82) is 0 Å². The van der Waals surface area contributed by atoms with Gasteiger partial charge in [0.1, 0.15) is 11.5 Å². The number of carbonyl (C=O) groups is 1. The van der Waals surface area contributed by atoms with Crippen molar-refractivity contribution >= 4 is 11.7 Å². The summed E-state index contributed by atoms with van der Waals surface area (Å²) in [5.74, 6) is -0.706. The van der Waals surface area contributed by atoms with Crippen LogP contribution in [0.1, 0.15) is 49.5 Å². The Hall–Kier alpha value is -3.25. The molecule has 1 fully saturated rings. The van der Waals surface area contributed by atoms with Gasteiger partial charge >= 0.3 is 5.97 Å². The minimum absolute atomic E-state index is 0.0534. The second-order valence-corrected chi connectivity index (χ2v) is 10.8. The fourth-order valence-electron chi connectivity index (χ4n) is 5.17. The zero-order chi connectivity index (χ0) is 27.1. The largest absolute Gasteiger partial charge is 0.462 e. The second kappa shape index (κ2) is 12.5. The number of carbonyl (C=O) groups excluding carboxylic acids is 1. The highest BCUT2D eigenvalue weighted by atomic mass is 19.1. The Balaban J connectivity index is 1.48. The van der Waals surface area contributed by atoms with E-state index >= 15 is 0 Å². The summed E-state index contributed by atoms with van der Waals surface area (Å²) in [6.07, 6.45) is 2.09. The molecule has 0 saturated carbocycles. The van der Waals surface area contributed by atoms with Crippen LogP contribution >= 0.6 is 0 Å². The summed E-state index contributed by atoms with van der Waals surface area (Å²) in [7, 11) is 0. The molecule has 0 aliphatic carbocycles. The maximum atomic E-state index is 14.6. The lowest BCUT2D eigenvalue weighted by Gasteiger charge is -2.37. The van der Waals surface area contributed by atoms with Crippen molar-refractivity contribution in [1.82, 2.24) is 4.90 Å². The van der Waals surface area contributed by atoms with Crippen LogP contribution in [-0.4, -0.2) is 49.3 Å². The molecule has 0 aromatic heterocycles. The average Bonchev–Trinajstić information content (AvgIpc) is 2.89. The summed E-state index contributed by atoms with van der Waals surface area (Å²) in [4.78, 5) is 16.6. The number of anilines is 1. The molecule has 0 N–H and O–H groups in total. The van der Waals surface area contributed by atoms with Gasteiger partial charge in [-0.1, -0.05) is 48.5 Å². The lowest BCUT2D eigenvalue weighted by atomic mass is 9.94. The molecule has 0 atom stereocenters. The van der Waals surface area contributed by atoms with Gasteiger partial charge in [-0.3, -0.25) is 0 Å². The van der Waals surface area contributed by atoms with E-state index in [1.165, 1.54) is 17.7 Å². The third-order valence-corrected chi connectivity index (χ3v) is 7.03. The SMILES string of the molecule is CCOC(=O)c1ccc(-c2ccc(N(Cc3ccccc3)CC3CCN(CC(C)(C)F)CC3)cc2)cc1F. The van der Waals surface area contributed by atoms with E-state index in [0.717, 1.165) is 50.3 Å². The number of hydrogen-bond donors (Lipinski definition) is 0. The number of likely N-dealkylation sites (tertiary alicyclic amines) is 1. The van der Waals surface area contributed by atoms with E-state index in [9.17, 15) is 13.6 Å². The summed E-state index contributed by atoms with van der Waals surface area (Å²) >= 11 is 0. The highest BCUT2D eigenvalue weighted by Crippen LogP contribution is 2.29. The van der Waals surface area contributed by atoms with Crippen molar-refractivity contribution in [3.05, 3.63) is 89.7 Å². The normalized spacial score (nSPS) is 14.9. The number of benzene rings is 3. The fraction of sp³-hybridized carbons (Fsp3) is 0.406. The third-order valence-electron chi connectivity index (χ3n) is 7.03. The Morgan fingerprint density at radius 2 is 1.66 bits per heavy atom. The van der Waals surface area contributed by atoms with E-state index in [0.29, 0.717) is 18.0 Å². The fourth-order valence-corrected chi connectivity index (χ4v) is 5.17. The molecule has 6 heteroatoms. The first-order valence-corrected chi connectivity index (χ1v) is 13.5. The van der Waals surface area contributed by atoms with Gasteiger partial charge in [-0.15, -0.1) is 0 Å². The zero-order valence-electron chi connectivity index (χ0n) is 22.6. The van der Waals surface area contributed by atoms with Crippen LogP contribution in [-0.2, 0) is 11.3 Å². The molecule has 0 unspecified atom stereocenters. The number of esters is 1. The predicted molar refractivity (Wildman–Crippen MR) is 150 cm³/mol. The highest BCUT2D eigenvalue weighted by Gasteiger charge is 2.26. The van der Waals surface area contributed by atoms with Gasteiger partial charge < -0.3 is 14.5 Å². The molecule has 1 saturated heterocycles. The van der Waals surface area contributed by atoms with Crippen LogP contribution in [0.4, 0.5) is 14.5 Å². The summed E-state index contributed by atoms with van der Waals surface area (Å²) in [6.45, 7) is 9.23. The topological polar surface area (TPSA) is 32.8 Å². The molecule has 3 aromatic rings. The van der Waals surface area contributed by atoms with E-state index in [4.69, 9.17) is 4.74 Å². The Morgan fingerprint density at radius 1 is 1.00 bits per heavy atom.